The lowest BCUT2D eigenvalue weighted by Gasteiger charge is -2.45. The second-order valence-corrected chi connectivity index (χ2v) is 11.6. The molecule has 1 atom stereocenters. The fourth-order valence-corrected chi connectivity index (χ4v) is 7.09. The number of benzene rings is 2. The summed E-state index contributed by atoms with van der Waals surface area (Å²) in [5.41, 5.74) is 10.1. The molecule has 1 aliphatic heterocycles. The molecule has 2 spiro atoms. The van der Waals surface area contributed by atoms with E-state index >= 15 is 0 Å². The van der Waals surface area contributed by atoms with Gasteiger partial charge in [0.2, 0.25) is 0 Å². The number of methoxy groups -OCH3 is 1. The summed E-state index contributed by atoms with van der Waals surface area (Å²) in [4.78, 5) is 22.2. The number of fused-ring (bicyclic) bond motifs is 3. The highest BCUT2D eigenvalue weighted by molar-refractivity contribution is 7.80. The minimum Gasteiger partial charge on any atom is -0.381 e. The quantitative estimate of drug-likeness (QED) is 0.561. The van der Waals surface area contributed by atoms with Crippen LogP contribution in [-0.4, -0.2) is 30.0 Å². The standard InChI is InChI=1S/C29H35N3O2S/c1-34-23-11-13-28(14-12-23)17-22-10-9-20(8-7-19-5-6-19)16-25(22)29(28)26(33)32(27(30)31-29)18-21-3-2-4-24(35)15-21/h2-4,9-10,15-16,19,23,35H,5-8,11-14,17-18H2,1H3,(H2,30,31). The van der Waals surface area contributed by atoms with Crippen molar-refractivity contribution in [3.05, 3.63) is 64.7 Å². The lowest BCUT2D eigenvalue weighted by molar-refractivity contribution is -0.138. The smallest absolute Gasteiger partial charge is 0.262 e. The molecule has 6 heteroatoms. The van der Waals surface area contributed by atoms with Crippen LogP contribution >= 0.6 is 12.6 Å². The lowest BCUT2D eigenvalue weighted by Crippen LogP contribution is -2.52. The summed E-state index contributed by atoms with van der Waals surface area (Å²) < 4.78 is 5.70. The topological polar surface area (TPSA) is 67.9 Å². The zero-order valence-electron chi connectivity index (χ0n) is 20.5. The first-order chi connectivity index (χ1) is 16.9. The van der Waals surface area contributed by atoms with E-state index in [0.29, 0.717) is 12.5 Å². The molecule has 0 bridgehead atoms. The van der Waals surface area contributed by atoms with Gasteiger partial charge in [0, 0.05) is 17.4 Å². The lowest BCUT2D eigenvalue weighted by atomic mass is 9.61. The summed E-state index contributed by atoms with van der Waals surface area (Å²) in [6.45, 7) is 0.414. The van der Waals surface area contributed by atoms with Crippen LogP contribution in [0, 0.1) is 11.3 Å². The highest BCUT2D eigenvalue weighted by atomic mass is 32.1. The third-order valence-electron chi connectivity index (χ3n) is 8.99. The number of guanidine groups is 1. The average Bonchev–Trinajstić information content (AvgIpc) is 3.61. The minimum absolute atomic E-state index is 0.0357. The van der Waals surface area contributed by atoms with Gasteiger partial charge in [-0.3, -0.25) is 9.69 Å². The Morgan fingerprint density at radius 2 is 1.91 bits per heavy atom. The van der Waals surface area contributed by atoms with E-state index in [4.69, 9.17) is 15.5 Å². The maximum Gasteiger partial charge on any atom is 0.262 e. The van der Waals surface area contributed by atoms with Crippen molar-refractivity contribution in [2.24, 2.45) is 22.1 Å². The first-order valence-corrected chi connectivity index (χ1v) is 13.5. The van der Waals surface area contributed by atoms with Crippen LogP contribution in [0.15, 0.2) is 52.4 Å². The molecule has 184 valence electrons. The van der Waals surface area contributed by atoms with E-state index in [0.717, 1.165) is 60.5 Å². The van der Waals surface area contributed by atoms with E-state index in [1.807, 2.05) is 24.3 Å². The van der Waals surface area contributed by atoms with Gasteiger partial charge in [0.05, 0.1) is 12.6 Å². The number of carbonyl (C=O) groups is 1. The Bertz CT molecular complexity index is 1180. The number of aryl methyl sites for hydroxylation is 1. The first-order valence-electron chi connectivity index (χ1n) is 13.0. The van der Waals surface area contributed by atoms with Crippen LogP contribution in [0.2, 0.25) is 0 Å². The van der Waals surface area contributed by atoms with Crippen LogP contribution in [0.4, 0.5) is 0 Å². The molecule has 6 rings (SSSR count). The number of rotatable bonds is 6. The highest BCUT2D eigenvalue weighted by Gasteiger charge is 2.66. The third-order valence-corrected chi connectivity index (χ3v) is 9.26. The second-order valence-electron chi connectivity index (χ2n) is 11.1. The van der Waals surface area contributed by atoms with Crippen LogP contribution in [0.3, 0.4) is 0 Å². The van der Waals surface area contributed by atoms with Crippen molar-refractivity contribution in [2.45, 2.75) is 80.9 Å². The van der Waals surface area contributed by atoms with E-state index in [1.54, 1.807) is 12.0 Å². The van der Waals surface area contributed by atoms with Crippen molar-refractivity contribution in [1.82, 2.24) is 4.90 Å². The molecular formula is C29H35N3O2S. The minimum atomic E-state index is -0.931. The Labute approximate surface area is 213 Å². The molecule has 4 aliphatic rings. The molecule has 1 amide bonds. The number of nitrogens with zero attached hydrogens (tertiary/aromatic N) is 2. The van der Waals surface area contributed by atoms with Crippen molar-refractivity contribution < 1.29 is 9.53 Å². The van der Waals surface area contributed by atoms with E-state index < -0.39 is 5.54 Å². The summed E-state index contributed by atoms with van der Waals surface area (Å²) in [5, 5.41) is 0. The van der Waals surface area contributed by atoms with Crippen LogP contribution in [0.5, 0.6) is 0 Å². The van der Waals surface area contributed by atoms with Gasteiger partial charge in [-0.25, -0.2) is 4.99 Å². The zero-order valence-corrected chi connectivity index (χ0v) is 21.4. The molecule has 1 heterocycles. The highest BCUT2D eigenvalue weighted by Crippen LogP contribution is 2.62. The maximum absolute atomic E-state index is 14.5. The summed E-state index contributed by atoms with van der Waals surface area (Å²) in [6, 6.07) is 14.8. The zero-order chi connectivity index (χ0) is 24.2. The fraction of sp³-hybridized carbons (Fsp3) is 0.517. The summed E-state index contributed by atoms with van der Waals surface area (Å²) in [5.74, 6) is 1.25. The summed E-state index contributed by atoms with van der Waals surface area (Å²) >= 11 is 4.48. The van der Waals surface area contributed by atoms with Crippen LogP contribution in [0.1, 0.15) is 67.2 Å². The fourth-order valence-electron chi connectivity index (χ4n) is 6.83. The molecule has 35 heavy (non-hydrogen) atoms. The van der Waals surface area contributed by atoms with Gasteiger partial charge in [-0.1, -0.05) is 43.2 Å². The van der Waals surface area contributed by atoms with Crippen molar-refractivity contribution in [1.29, 1.82) is 0 Å². The number of carbonyl (C=O) groups excluding carboxylic acids is 1. The molecule has 2 fully saturated rings. The van der Waals surface area contributed by atoms with E-state index in [9.17, 15) is 4.79 Å². The van der Waals surface area contributed by atoms with Gasteiger partial charge in [0.1, 0.15) is 0 Å². The number of thiol groups is 1. The summed E-state index contributed by atoms with van der Waals surface area (Å²) in [6.07, 6.45) is 9.89. The number of aliphatic imine (C=N–C) groups is 1. The van der Waals surface area contributed by atoms with E-state index in [-0.39, 0.29) is 17.4 Å². The molecule has 5 nitrogen and oxygen atoms in total. The largest absolute Gasteiger partial charge is 0.381 e. The molecule has 1 unspecified atom stereocenters. The van der Waals surface area contributed by atoms with Gasteiger partial charge in [-0.2, -0.15) is 0 Å². The Kier molecular flexibility index (Phi) is 5.72. The molecule has 0 aromatic heterocycles. The SMILES string of the molecule is COC1CCC2(CC1)Cc1ccc(CCC3CC3)cc1C21N=C(N)N(Cc2cccc(S)c2)C1=O. The van der Waals surface area contributed by atoms with Gasteiger partial charge in [-0.05, 0) is 85.3 Å². The molecule has 0 saturated heterocycles. The molecule has 0 radical (unpaired) electrons. The van der Waals surface area contributed by atoms with E-state index in [2.05, 4.69) is 30.8 Å². The molecular weight excluding hydrogens is 454 g/mol. The number of nitrogens with two attached hydrogens (primary N) is 1. The van der Waals surface area contributed by atoms with Crippen molar-refractivity contribution in [3.63, 3.8) is 0 Å². The number of ether oxygens (including phenoxy) is 1. The van der Waals surface area contributed by atoms with Crippen molar-refractivity contribution in [3.8, 4) is 0 Å². The summed E-state index contributed by atoms with van der Waals surface area (Å²) in [7, 11) is 1.79. The molecule has 3 aliphatic carbocycles. The number of amides is 1. The van der Waals surface area contributed by atoms with Gasteiger partial charge in [-0.15, -0.1) is 12.6 Å². The third kappa shape index (κ3) is 3.80. The Morgan fingerprint density at radius 3 is 2.63 bits per heavy atom. The van der Waals surface area contributed by atoms with E-state index in [1.165, 1.54) is 30.4 Å². The van der Waals surface area contributed by atoms with Crippen LogP contribution < -0.4 is 5.73 Å². The normalized spacial score (nSPS) is 29.8. The average molecular weight is 490 g/mol. The van der Waals surface area contributed by atoms with Gasteiger partial charge in [0.15, 0.2) is 11.5 Å². The number of hydrogen-bond acceptors (Lipinski definition) is 5. The van der Waals surface area contributed by atoms with Crippen LogP contribution in [-0.2, 0) is 34.5 Å². The Morgan fingerprint density at radius 1 is 1.11 bits per heavy atom. The van der Waals surface area contributed by atoms with Crippen LogP contribution in [0.25, 0.3) is 0 Å². The first kappa shape index (κ1) is 23.1. The molecule has 2 saturated carbocycles. The maximum atomic E-state index is 14.5. The predicted octanol–water partition coefficient (Wildman–Crippen LogP) is 5.00. The second kappa shape index (κ2) is 8.67. The monoisotopic (exact) mass is 489 g/mol. The molecule has 2 aromatic carbocycles. The van der Waals surface area contributed by atoms with Crippen molar-refractivity contribution >= 4 is 24.5 Å². The van der Waals surface area contributed by atoms with Gasteiger partial charge >= 0.3 is 0 Å². The van der Waals surface area contributed by atoms with Gasteiger partial charge < -0.3 is 10.5 Å². The van der Waals surface area contributed by atoms with Crippen molar-refractivity contribution in [2.75, 3.05) is 7.11 Å². The molecule has 2 N–H and O–H groups in total. The molecule has 2 aromatic rings. The Hall–Kier alpha value is -2.31. The number of hydrogen-bond donors (Lipinski definition) is 2. The predicted molar refractivity (Wildman–Crippen MR) is 140 cm³/mol. The Balaban J connectivity index is 1.40. The van der Waals surface area contributed by atoms with Gasteiger partial charge in [0.25, 0.3) is 5.91 Å².